The number of rotatable bonds is 5. The van der Waals surface area contributed by atoms with E-state index in [-0.39, 0.29) is 0 Å². The number of carbonyl (C=O) groups is 1. The van der Waals surface area contributed by atoms with Gasteiger partial charge in [-0.2, -0.15) is 11.3 Å². The first-order chi connectivity index (χ1) is 9.06. The van der Waals surface area contributed by atoms with Crippen molar-refractivity contribution < 1.29 is 4.79 Å². The van der Waals surface area contributed by atoms with Crippen molar-refractivity contribution in [2.45, 2.75) is 13.1 Å². The first-order valence-corrected chi connectivity index (χ1v) is 6.88. The highest BCUT2D eigenvalue weighted by Gasteiger charge is 2.08. The third-order valence-corrected chi connectivity index (χ3v) is 3.64. The number of carbonyl (C=O) groups excluding carboxylic acids is 1. The second-order valence-corrected chi connectivity index (χ2v) is 5.36. The molecule has 1 heterocycles. The Morgan fingerprint density at radius 1 is 1.32 bits per heavy atom. The van der Waals surface area contributed by atoms with Crippen LogP contribution in [0.1, 0.15) is 21.5 Å². The third kappa shape index (κ3) is 3.56. The average molecular weight is 275 g/mol. The summed E-state index contributed by atoms with van der Waals surface area (Å²) in [6.45, 7) is 1.61. The molecular formula is C14H17N3OS. The maximum Gasteiger partial charge on any atom is 0.248 e. The first kappa shape index (κ1) is 13.6. The van der Waals surface area contributed by atoms with Crippen LogP contribution in [-0.2, 0) is 13.1 Å². The van der Waals surface area contributed by atoms with Crippen molar-refractivity contribution in [1.82, 2.24) is 4.90 Å². The van der Waals surface area contributed by atoms with Gasteiger partial charge in [-0.3, -0.25) is 9.69 Å². The van der Waals surface area contributed by atoms with Gasteiger partial charge in [-0.1, -0.05) is 6.07 Å². The normalized spacial score (nSPS) is 10.8. The number of thiophene rings is 1. The standard InChI is InChI=1S/C14H17N3OS/c1-17(7-10-4-5-19-9-10)8-12-3-2-11(14(16)18)6-13(12)15/h2-6,9H,7-8,15H2,1H3,(H2,16,18). The van der Waals surface area contributed by atoms with Crippen LogP contribution in [0.25, 0.3) is 0 Å². The van der Waals surface area contributed by atoms with E-state index in [1.54, 1.807) is 23.5 Å². The zero-order chi connectivity index (χ0) is 13.8. The second-order valence-electron chi connectivity index (χ2n) is 4.58. The molecule has 0 spiro atoms. The van der Waals surface area contributed by atoms with Crippen LogP contribution in [0.5, 0.6) is 0 Å². The molecular weight excluding hydrogens is 258 g/mol. The van der Waals surface area contributed by atoms with Gasteiger partial charge >= 0.3 is 0 Å². The van der Waals surface area contributed by atoms with Crippen molar-refractivity contribution in [3.8, 4) is 0 Å². The maximum absolute atomic E-state index is 11.1. The Hall–Kier alpha value is -1.85. The molecule has 19 heavy (non-hydrogen) atoms. The summed E-state index contributed by atoms with van der Waals surface area (Å²) in [7, 11) is 2.04. The van der Waals surface area contributed by atoms with Gasteiger partial charge in [-0.25, -0.2) is 0 Å². The smallest absolute Gasteiger partial charge is 0.248 e. The lowest BCUT2D eigenvalue weighted by molar-refractivity contribution is 0.100. The molecule has 0 atom stereocenters. The summed E-state index contributed by atoms with van der Waals surface area (Å²) in [6.07, 6.45) is 0. The van der Waals surface area contributed by atoms with Gasteiger partial charge in [0.05, 0.1) is 0 Å². The van der Waals surface area contributed by atoms with Crippen LogP contribution in [0.15, 0.2) is 35.0 Å². The molecule has 4 N–H and O–H groups in total. The number of hydrogen-bond acceptors (Lipinski definition) is 4. The van der Waals surface area contributed by atoms with Crippen molar-refractivity contribution in [2.75, 3.05) is 12.8 Å². The number of nitrogens with two attached hydrogens (primary N) is 2. The van der Waals surface area contributed by atoms with Gasteiger partial charge in [0.2, 0.25) is 5.91 Å². The monoisotopic (exact) mass is 275 g/mol. The molecule has 5 heteroatoms. The molecule has 0 saturated heterocycles. The van der Waals surface area contributed by atoms with Gasteiger partial charge in [0.15, 0.2) is 0 Å². The predicted octanol–water partition coefficient (Wildman–Crippen LogP) is 2.06. The lowest BCUT2D eigenvalue weighted by Crippen LogP contribution is -2.18. The number of hydrogen-bond donors (Lipinski definition) is 2. The topological polar surface area (TPSA) is 72.3 Å². The molecule has 0 saturated carbocycles. The fourth-order valence-corrected chi connectivity index (χ4v) is 2.59. The number of nitrogens with zero attached hydrogens (tertiary/aromatic N) is 1. The van der Waals surface area contributed by atoms with Crippen LogP contribution in [0, 0.1) is 0 Å². The highest BCUT2D eigenvalue weighted by molar-refractivity contribution is 7.07. The van der Waals surface area contributed by atoms with E-state index in [0.29, 0.717) is 11.3 Å². The Labute approximate surface area is 116 Å². The summed E-state index contributed by atoms with van der Waals surface area (Å²) in [5.74, 6) is -0.454. The van der Waals surface area contributed by atoms with E-state index >= 15 is 0 Å². The quantitative estimate of drug-likeness (QED) is 0.820. The minimum absolute atomic E-state index is 0.446. The van der Waals surface area contributed by atoms with Gasteiger partial charge in [0, 0.05) is 24.3 Å². The van der Waals surface area contributed by atoms with E-state index in [1.165, 1.54) is 5.56 Å². The molecule has 2 rings (SSSR count). The summed E-state index contributed by atoms with van der Waals surface area (Å²) < 4.78 is 0. The molecule has 1 aromatic carbocycles. The van der Waals surface area contributed by atoms with Crippen LogP contribution in [0.2, 0.25) is 0 Å². The molecule has 1 amide bonds. The Kier molecular flexibility index (Phi) is 4.19. The zero-order valence-corrected chi connectivity index (χ0v) is 11.6. The number of anilines is 1. The third-order valence-electron chi connectivity index (χ3n) is 2.90. The van der Waals surface area contributed by atoms with E-state index in [9.17, 15) is 4.79 Å². The summed E-state index contributed by atoms with van der Waals surface area (Å²) in [4.78, 5) is 13.2. The van der Waals surface area contributed by atoms with Gasteiger partial charge in [-0.15, -0.1) is 0 Å². The minimum Gasteiger partial charge on any atom is -0.398 e. The van der Waals surface area contributed by atoms with Crippen LogP contribution in [0.3, 0.4) is 0 Å². The van der Waals surface area contributed by atoms with Crippen LogP contribution in [0.4, 0.5) is 5.69 Å². The SMILES string of the molecule is CN(Cc1ccsc1)Cc1ccc(C(N)=O)cc1N. The van der Waals surface area contributed by atoms with Gasteiger partial charge < -0.3 is 11.5 Å². The molecule has 0 aliphatic carbocycles. The fourth-order valence-electron chi connectivity index (χ4n) is 1.93. The Morgan fingerprint density at radius 3 is 2.68 bits per heavy atom. The first-order valence-electron chi connectivity index (χ1n) is 5.94. The van der Waals surface area contributed by atoms with Crippen molar-refractivity contribution in [1.29, 1.82) is 0 Å². The molecule has 4 nitrogen and oxygen atoms in total. The number of benzene rings is 1. The fraction of sp³-hybridized carbons (Fsp3) is 0.214. The maximum atomic E-state index is 11.1. The average Bonchev–Trinajstić information content (AvgIpc) is 2.84. The lowest BCUT2D eigenvalue weighted by Gasteiger charge is -2.17. The molecule has 100 valence electrons. The van der Waals surface area contributed by atoms with Gasteiger partial charge in [-0.05, 0) is 47.1 Å². The molecule has 1 aromatic heterocycles. The molecule has 0 aliphatic heterocycles. The molecule has 2 aromatic rings. The van der Waals surface area contributed by atoms with Crippen LogP contribution < -0.4 is 11.5 Å². The van der Waals surface area contributed by atoms with E-state index in [4.69, 9.17) is 11.5 Å². The van der Waals surface area contributed by atoms with E-state index < -0.39 is 5.91 Å². The Morgan fingerprint density at radius 2 is 2.11 bits per heavy atom. The molecule has 0 unspecified atom stereocenters. The molecule has 0 aliphatic rings. The Bertz CT molecular complexity index is 566. The molecule has 0 bridgehead atoms. The molecule has 0 radical (unpaired) electrons. The van der Waals surface area contributed by atoms with Crippen molar-refractivity contribution in [3.63, 3.8) is 0 Å². The van der Waals surface area contributed by atoms with Crippen LogP contribution in [-0.4, -0.2) is 17.9 Å². The predicted molar refractivity (Wildman–Crippen MR) is 78.9 cm³/mol. The number of nitrogen functional groups attached to an aromatic ring is 1. The van der Waals surface area contributed by atoms with Crippen molar-refractivity contribution in [2.24, 2.45) is 5.73 Å². The van der Waals surface area contributed by atoms with E-state index in [2.05, 4.69) is 21.7 Å². The Balaban J connectivity index is 2.04. The van der Waals surface area contributed by atoms with E-state index in [0.717, 1.165) is 18.7 Å². The van der Waals surface area contributed by atoms with Crippen LogP contribution >= 0.6 is 11.3 Å². The van der Waals surface area contributed by atoms with Crippen molar-refractivity contribution >= 4 is 22.9 Å². The minimum atomic E-state index is -0.454. The summed E-state index contributed by atoms with van der Waals surface area (Å²) in [6, 6.07) is 7.32. The highest BCUT2D eigenvalue weighted by Crippen LogP contribution is 2.17. The summed E-state index contributed by atoms with van der Waals surface area (Å²) >= 11 is 1.69. The lowest BCUT2D eigenvalue weighted by atomic mass is 10.1. The second kappa shape index (κ2) is 5.86. The summed E-state index contributed by atoms with van der Waals surface area (Å²) in [5.41, 5.74) is 14.5. The van der Waals surface area contributed by atoms with Gasteiger partial charge in [0.1, 0.15) is 0 Å². The number of primary amides is 1. The highest BCUT2D eigenvalue weighted by atomic mass is 32.1. The molecule has 0 fully saturated rings. The van der Waals surface area contributed by atoms with Crippen molar-refractivity contribution in [3.05, 3.63) is 51.7 Å². The van der Waals surface area contributed by atoms with E-state index in [1.807, 2.05) is 13.1 Å². The summed E-state index contributed by atoms with van der Waals surface area (Å²) in [5, 5.41) is 4.20. The van der Waals surface area contributed by atoms with Gasteiger partial charge in [0.25, 0.3) is 0 Å². The largest absolute Gasteiger partial charge is 0.398 e. The number of amides is 1. The zero-order valence-electron chi connectivity index (χ0n) is 10.8.